The third kappa shape index (κ3) is 6.76. The lowest BCUT2D eigenvalue weighted by molar-refractivity contribution is 0.0657. The van der Waals surface area contributed by atoms with E-state index in [-0.39, 0.29) is 28.6 Å². The molecule has 1 aromatic heterocycles. The van der Waals surface area contributed by atoms with E-state index in [0.29, 0.717) is 47.9 Å². The van der Waals surface area contributed by atoms with Crippen molar-refractivity contribution in [1.82, 2.24) is 19.6 Å². The molecule has 0 spiro atoms. The monoisotopic (exact) mass is 630 g/mol. The van der Waals surface area contributed by atoms with Gasteiger partial charge >= 0.3 is 0 Å². The highest BCUT2D eigenvalue weighted by molar-refractivity contribution is 6.33. The standard InChI is InChI=1S/C36H40ClFN4O3/c1-5-7-18-40(19-8-6-2)36(44)31-22-33(45-4)42(39-31)32-17-16-26(28-14-11-15-30(38)34(28)37)21-29(32)35(43)41-23-27-13-10-9-12-25(27)20-24(41)3/h9-17,21-22,24H,5-8,18-20,23H2,1-4H3. The molecule has 236 valence electrons. The van der Waals surface area contributed by atoms with Crippen LogP contribution < -0.4 is 4.74 Å². The molecule has 5 rings (SSSR count). The Balaban J connectivity index is 1.61. The van der Waals surface area contributed by atoms with Crippen LogP contribution in [0, 0.1) is 5.82 Å². The lowest BCUT2D eigenvalue weighted by Gasteiger charge is -2.35. The van der Waals surface area contributed by atoms with E-state index in [2.05, 4.69) is 19.9 Å². The lowest BCUT2D eigenvalue weighted by atomic mass is 9.93. The fraction of sp³-hybridized carbons (Fsp3) is 0.361. The predicted molar refractivity (Wildman–Crippen MR) is 176 cm³/mol. The molecule has 4 aromatic rings. The average molecular weight is 631 g/mol. The number of methoxy groups -OCH3 is 1. The van der Waals surface area contributed by atoms with Gasteiger partial charge in [0.05, 0.1) is 23.4 Å². The van der Waals surface area contributed by atoms with Gasteiger partial charge in [-0.2, -0.15) is 9.78 Å². The molecule has 0 bridgehead atoms. The second-order valence-electron chi connectivity index (χ2n) is 11.6. The maximum absolute atomic E-state index is 14.5. The summed E-state index contributed by atoms with van der Waals surface area (Å²) in [5, 5.41) is 4.69. The molecule has 45 heavy (non-hydrogen) atoms. The van der Waals surface area contributed by atoms with Gasteiger partial charge < -0.3 is 14.5 Å². The Labute approximate surface area is 269 Å². The van der Waals surface area contributed by atoms with Crippen LogP contribution in [0.1, 0.15) is 78.4 Å². The Hall–Kier alpha value is -4.17. The van der Waals surface area contributed by atoms with Crippen molar-refractivity contribution in [3.63, 3.8) is 0 Å². The maximum Gasteiger partial charge on any atom is 0.274 e. The molecule has 3 aromatic carbocycles. The van der Waals surface area contributed by atoms with Crippen LogP contribution in [0.3, 0.4) is 0 Å². The number of hydrogen-bond acceptors (Lipinski definition) is 4. The number of nitrogens with zero attached hydrogens (tertiary/aromatic N) is 4. The largest absolute Gasteiger partial charge is 0.481 e. The number of amides is 2. The van der Waals surface area contributed by atoms with E-state index in [9.17, 15) is 14.0 Å². The predicted octanol–water partition coefficient (Wildman–Crippen LogP) is 7.97. The van der Waals surface area contributed by atoms with Crippen LogP contribution in [0.5, 0.6) is 5.88 Å². The van der Waals surface area contributed by atoms with E-state index in [0.717, 1.165) is 37.7 Å². The maximum atomic E-state index is 14.5. The highest BCUT2D eigenvalue weighted by Gasteiger charge is 2.31. The minimum atomic E-state index is -0.542. The molecule has 9 heteroatoms. The van der Waals surface area contributed by atoms with E-state index < -0.39 is 5.82 Å². The number of rotatable bonds is 11. The summed E-state index contributed by atoms with van der Waals surface area (Å²) in [6.45, 7) is 7.97. The van der Waals surface area contributed by atoms with Gasteiger partial charge in [0.15, 0.2) is 5.69 Å². The van der Waals surface area contributed by atoms with Crippen molar-refractivity contribution in [1.29, 1.82) is 0 Å². The zero-order valence-corrected chi connectivity index (χ0v) is 27.1. The molecule has 0 saturated carbocycles. The first-order valence-electron chi connectivity index (χ1n) is 15.7. The summed E-state index contributed by atoms with van der Waals surface area (Å²) in [6.07, 6.45) is 4.46. The molecular weight excluding hydrogens is 591 g/mol. The third-order valence-electron chi connectivity index (χ3n) is 8.44. The van der Waals surface area contributed by atoms with Crippen LogP contribution in [0.4, 0.5) is 4.39 Å². The molecular formula is C36H40ClFN4O3. The minimum Gasteiger partial charge on any atom is -0.481 e. The van der Waals surface area contributed by atoms with Gasteiger partial charge in [-0.25, -0.2) is 4.39 Å². The molecule has 0 aliphatic carbocycles. The van der Waals surface area contributed by atoms with Crippen LogP contribution in [0.15, 0.2) is 66.7 Å². The SMILES string of the molecule is CCCCN(CCCC)C(=O)c1cc(OC)n(-c2ccc(-c3cccc(F)c3Cl)cc2C(=O)N2Cc3ccccc3CC2C)n1. The van der Waals surface area contributed by atoms with Crippen molar-refractivity contribution >= 4 is 23.4 Å². The first-order valence-corrected chi connectivity index (χ1v) is 16.0. The van der Waals surface area contributed by atoms with Crippen LogP contribution in [0.25, 0.3) is 16.8 Å². The van der Waals surface area contributed by atoms with Crippen molar-refractivity contribution in [2.24, 2.45) is 0 Å². The van der Waals surface area contributed by atoms with E-state index >= 15 is 0 Å². The van der Waals surface area contributed by atoms with Gasteiger partial charge in [0.2, 0.25) is 5.88 Å². The molecule has 1 atom stereocenters. The molecule has 2 heterocycles. The van der Waals surface area contributed by atoms with Crippen molar-refractivity contribution in [2.45, 2.75) is 65.5 Å². The summed E-state index contributed by atoms with van der Waals surface area (Å²) in [5.41, 5.74) is 4.42. The van der Waals surface area contributed by atoms with E-state index in [4.69, 9.17) is 21.4 Å². The third-order valence-corrected chi connectivity index (χ3v) is 8.82. The smallest absolute Gasteiger partial charge is 0.274 e. The van der Waals surface area contributed by atoms with Crippen molar-refractivity contribution in [3.8, 4) is 22.7 Å². The van der Waals surface area contributed by atoms with Crippen molar-refractivity contribution < 1.29 is 18.7 Å². The Morgan fingerprint density at radius 3 is 2.40 bits per heavy atom. The molecule has 1 unspecified atom stereocenters. The number of halogens is 2. The van der Waals surface area contributed by atoms with Gasteiger partial charge in [-0.15, -0.1) is 0 Å². The Morgan fingerprint density at radius 1 is 1.00 bits per heavy atom. The number of unbranched alkanes of at least 4 members (excludes halogenated alkanes) is 2. The molecule has 0 saturated heterocycles. The molecule has 1 aliphatic rings. The number of ether oxygens (including phenoxy) is 1. The van der Waals surface area contributed by atoms with Crippen LogP contribution in [-0.4, -0.2) is 57.6 Å². The number of aromatic nitrogens is 2. The fourth-order valence-corrected chi connectivity index (χ4v) is 6.09. The van der Waals surface area contributed by atoms with Gasteiger partial charge in [0, 0.05) is 37.3 Å². The van der Waals surface area contributed by atoms with Crippen LogP contribution in [-0.2, 0) is 13.0 Å². The van der Waals surface area contributed by atoms with Crippen LogP contribution in [0.2, 0.25) is 5.02 Å². The number of carbonyl (C=O) groups is 2. The number of fused-ring (bicyclic) bond motifs is 1. The van der Waals surface area contributed by atoms with Crippen molar-refractivity contribution in [3.05, 3.63) is 100.0 Å². The van der Waals surface area contributed by atoms with E-state index in [1.165, 1.54) is 23.4 Å². The highest BCUT2D eigenvalue weighted by atomic mass is 35.5. The number of carbonyl (C=O) groups excluding carboxylic acids is 2. The Kier molecular flexibility index (Phi) is 10.2. The van der Waals surface area contributed by atoms with Gasteiger partial charge in [0.25, 0.3) is 11.8 Å². The average Bonchev–Trinajstić information content (AvgIpc) is 3.49. The molecule has 0 N–H and O–H groups in total. The fourth-order valence-electron chi connectivity index (χ4n) is 5.85. The van der Waals surface area contributed by atoms with Crippen LogP contribution >= 0.6 is 11.6 Å². The lowest BCUT2D eigenvalue weighted by Crippen LogP contribution is -2.43. The number of benzene rings is 3. The molecule has 2 amide bonds. The summed E-state index contributed by atoms with van der Waals surface area (Å²) in [4.78, 5) is 31.9. The summed E-state index contributed by atoms with van der Waals surface area (Å²) in [5.74, 6) is -0.600. The molecule has 0 radical (unpaired) electrons. The minimum absolute atomic E-state index is 0.0206. The second-order valence-corrected chi connectivity index (χ2v) is 11.9. The van der Waals surface area contributed by atoms with Gasteiger partial charge in [-0.1, -0.05) is 80.8 Å². The Bertz CT molecular complexity index is 1680. The topological polar surface area (TPSA) is 67.7 Å². The quantitative estimate of drug-likeness (QED) is 0.169. The van der Waals surface area contributed by atoms with Gasteiger partial charge in [-0.3, -0.25) is 9.59 Å². The number of hydrogen-bond donors (Lipinski definition) is 0. The Morgan fingerprint density at radius 2 is 1.71 bits per heavy atom. The first kappa shape index (κ1) is 32.2. The van der Waals surface area contributed by atoms with Crippen molar-refractivity contribution in [2.75, 3.05) is 20.2 Å². The highest BCUT2D eigenvalue weighted by Crippen LogP contribution is 2.35. The summed E-state index contributed by atoms with van der Waals surface area (Å²) >= 11 is 6.38. The van der Waals surface area contributed by atoms with E-state index in [1.807, 2.05) is 34.9 Å². The van der Waals surface area contributed by atoms with Gasteiger partial charge in [-0.05, 0) is 61.1 Å². The summed E-state index contributed by atoms with van der Waals surface area (Å²) in [7, 11) is 1.51. The first-order chi connectivity index (χ1) is 21.8. The normalized spacial score (nSPS) is 14.3. The molecule has 0 fully saturated rings. The van der Waals surface area contributed by atoms with Gasteiger partial charge in [0.1, 0.15) is 5.82 Å². The molecule has 7 nitrogen and oxygen atoms in total. The zero-order valence-electron chi connectivity index (χ0n) is 26.4. The second kappa shape index (κ2) is 14.3. The van der Waals surface area contributed by atoms with E-state index in [1.54, 1.807) is 36.4 Å². The summed E-state index contributed by atoms with van der Waals surface area (Å²) in [6, 6.07) is 19.6. The molecule has 1 aliphatic heterocycles. The summed E-state index contributed by atoms with van der Waals surface area (Å²) < 4.78 is 21.7. The zero-order chi connectivity index (χ0) is 32.1.